The zero-order valence-electron chi connectivity index (χ0n) is 15.8. The Bertz CT molecular complexity index is 517. The zero-order valence-corrected chi connectivity index (χ0v) is 16.6. The summed E-state index contributed by atoms with van der Waals surface area (Å²) in [5.74, 6) is 0.766. The van der Waals surface area contributed by atoms with E-state index in [4.69, 9.17) is 4.74 Å². The van der Waals surface area contributed by atoms with Gasteiger partial charge in [0, 0.05) is 44.1 Å². The highest BCUT2D eigenvalue weighted by Gasteiger charge is 2.02. The van der Waals surface area contributed by atoms with E-state index >= 15 is 0 Å². The predicted octanol–water partition coefficient (Wildman–Crippen LogP) is 3.06. The second-order valence-electron chi connectivity index (χ2n) is 5.86. The third-order valence-electron chi connectivity index (χ3n) is 3.68. The van der Waals surface area contributed by atoms with Gasteiger partial charge in [0.05, 0.1) is 11.6 Å². The summed E-state index contributed by atoms with van der Waals surface area (Å²) in [7, 11) is 1.79. The van der Waals surface area contributed by atoms with Gasteiger partial charge in [0.2, 0.25) is 0 Å². The number of thiazole rings is 1. The van der Waals surface area contributed by atoms with E-state index < -0.39 is 0 Å². The van der Waals surface area contributed by atoms with E-state index in [1.54, 1.807) is 18.4 Å². The second-order valence-corrected chi connectivity index (χ2v) is 7.18. The van der Waals surface area contributed by atoms with Crippen LogP contribution in [0.5, 0.6) is 0 Å². The lowest BCUT2D eigenvalue weighted by Crippen LogP contribution is -2.38. The third kappa shape index (κ3) is 10.8. The van der Waals surface area contributed by atoms with Crippen molar-refractivity contribution in [2.45, 2.75) is 58.8 Å². The largest absolute Gasteiger partial charge is 0.466 e. The molecule has 0 atom stereocenters. The van der Waals surface area contributed by atoms with E-state index in [1.165, 1.54) is 4.88 Å². The summed E-state index contributed by atoms with van der Waals surface area (Å²) in [5.41, 5.74) is 0. The van der Waals surface area contributed by atoms with Gasteiger partial charge in [0.25, 0.3) is 0 Å². The number of carbonyl (C=O) groups is 1. The number of aromatic nitrogens is 1. The number of ether oxygens (including phenoxy) is 1. The fourth-order valence-corrected chi connectivity index (χ4v) is 3.18. The zero-order chi connectivity index (χ0) is 18.3. The molecular weight excluding hydrogens is 336 g/mol. The van der Waals surface area contributed by atoms with Gasteiger partial charge in [0.15, 0.2) is 5.96 Å². The highest BCUT2D eigenvalue weighted by atomic mass is 32.1. The van der Waals surface area contributed by atoms with Gasteiger partial charge in [-0.3, -0.25) is 9.79 Å². The number of aliphatic imine (C=N–C) groups is 1. The SMILES string of the molecule is CCOC(=O)CCCCCCCNC(=NC)NCCc1ncc(C)s1. The number of esters is 1. The van der Waals surface area contributed by atoms with Gasteiger partial charge in [-0.15, -0.1) is 11.3 Å². The third-order valence-corrected chi connectivity index (χ3v) is 4.65. The van der Waals surface area contributed by atoms with Crippen LogP contribution < -0.4 is 10.6 Å². The van der Waals surface area contributed by atoms with E-state index in [2.05, 4.69) is 27.5 Å². The van der Waals surface area contributed by atoms with Crippen molar-refractivity contribution in [3.05, 3.63) is 16.1 Å². The molecule has 6 nitrogen and oxygen atoms in total. The number of hydrogen-bond acceptors (Lipinski definition) is 5. The summed E-state index contributed by atoms with van der Waals surface area (Å²) >= 11 is 1.74. The van der Waals surface area contributed by atoms with Gasteiger partial charge in [-0.25, -0.2) is 4.98 Å². The molecule has 0 radical (unpaired) electrons. The number of nitrogens with one attached hydrogen (secondary N) is 2. The number of aryl methyl sites for hydroxylation is 1. The van der Waals surface area contributed by atoms with E-state index in [-0.39, 0.29) is 5.97 Å². The molecule has 2 N–H and O–H groups in total. The fraction of sp³-hybridized carbons (Fsp3) is 0.722. The molecule has 0 aromatic carbocycles. The van der Waals surface area contributed by atoms with Crippen molar-refractivity contribution in [3.63, 3.8) is 0 Å². The maximum Gasteiger partial charge on any atom is 0.305 e. The molecule has 25 heavy (non-hydrogen) atoms. The van der Waals surface area contributed by atoms with Gasteiger partial charge < -0.3 is 15.4 Å². The standard InChI is InChI=1S/C18H32N4O2S/c1-4-24-17(23)10-8-6-5-7-9-12-20-18(19-3)21-13-11-16-22-14-15(2)25-16/h14H,4-13H2,1-3H3,(H2,19,20,21). The van der Waals surface area contributed by atoms with Crippen molar-refractivity contribution in [3.8, 4) is 0 Å². The molecule has 1 aromatic rings. The van der Waals surface area contributed by atoms with Crippen molar-refractivity contribution in [1.29, 1.82) is 0 Å². The fourth-order valence-electron chi connectivity index (χ4n) is 2.39. The number of rotatable bonds is 12. The number of hydrogen-bond donors (Lipinski definition) is 2. The molecule has 1 rings (SSSR count). The Balaban J connectivity index is 1.97. The van der Waals surface area contributed by atoms with Crippen molar-refractivity contribution < 1.29 is 9.53 Å². The smallest absolute Gasteiger partial charge is 0.305 e. The summed E-state index contributed by atoms with van der Waals surface area (Å²) in [5, 5.41) is 7.81. The molecule has 0 spiro atoms. The van der Waals surface area contributed by atoms with Crippen LogP contribution in [0.4, 0.5) is 0 Å². The van der Waals surface area contributed by atoms with E-state index in [0.29, 0.717) is 13.0 Å². The van der Waals surface area contributed by atoms with Crippen molar-refractivity contribution in [1.82, 2.24) is 15.6 Å². The maximum absolute atomic E-state index is 11.2. The Labute approximate surface area is 155 Å². The average Bonchev–Trinajstić information content (AvgIpc) is 3.01. The first-order valence-corrected chi connectivity index (χ1v) is 9.98. The first-order valence-electron chi connectivity index (χ1n) is 9.17. The first kappa shape index (κ1) is 21.4. The minimum absolute atomic E-state index is 0.0769. The Morgan fingerprint density at radius 1 is 1.20 bits per heavy atom. The Morgan fingerprint density at radius 3 is 2.60 bits per heavy atom. The van der Waals surface area contributed by atoms with Gasteiger partial charge in [-0.05, 0) is 26.7 Å². The van der Waals surface area contributed by atoms with Crippen LogP contribution in [0.15, 0.2) is 11.2 Å². The summed E-state index contributed by atoms with van der Waals surface area (Å²) in [6.07, 6.45) is 8.79. The molecule has 142 valence electrons. The predicted molar refractivity (Wildman–Crippen MR) is 104 cm³/mol. The average molecular weight is 369 g/mol. The second kappa shape index (κ2) is 13.6. The molecule has 1 aromatic heterocycles. The van der Waals surface area contributed by atoms with Gasteiger partial charge in [0.1, 0.15) is 0 Å². The monoisotopic (exact) mass is 368 g/mol. The number of nitrogens with zero attached hydrogens (tertiary/aromatic N) is 2. The quantitative estimate of drug-likeness (QED) is 0.257. The Morgan fingerprint density at radius 2 is 1.92 bits per heavy atom. The van der Waals surface area contributed by atoms with Crippen molar-refractivity contribution in [2.24, 2.45) is 4.99 Å². The Hall–Kier alpha value is -1.63. The topological polar surface area (TPSA) is 75.6 Å². The summed E-state index contributed by atoms with van der Waals surface area (Å²) in [4.78, 5) is 21.1. The van der Waals surface area contributed by atoms with Crippen LogP contribution in [-0.2, 0) is 16.0 Å². The van der Waals surface area contributed by atoms with Crippen LogP contribution in [0.3, 0.4) is 0 Å². The molecule has 0 saturated carbocycles. The normalized spacial score (nSPS) is 11.4. The van der Waals surface area contributed by atoms with Crippen LogP contribution in [0.25, 0.3) is 0 Å². The lowest BCUT2D eigenvalue weighted by atomic mass is 10.1. The van der Waals surface area contributed by atoms with E-state index in [1.807, 2.05) is 13.1 Å². The van der Waals surface area contributed by atoms with Crippen LogP contribution in [-0.4, -0.2) is 43.7 Å². The molecule has 0 aliphatic carbocycles. The minimum Gasteiger partial charge on any atom is -0.466 e. The molecule has 7 heteroatoms. The molecule has 0 saturated heterocycles. The molecule has 0 unspecified atom stereocenters. The lowest BCUT2D eigenvalue weighted by molar-refractivity contribution is -0.143. The molecule has 1 heterocycles. The van der Waals surface area contributed by atoms with Crippen LogP contribution in [0.1, 0.15) is 55.3 Å². The molecular formula is C18H32N4O2S. The van der Waals surface area contributed by atoms with Crippen LogP contribution >= 0.6 is 11.3 Å². The first-order chi connectivity index (χ1) is 12.2. The van der Waals surface area contributed by atoms with E-state index in [9.17, 15) is 4.79 Å². The highest BCUT2D eigenvalue weighted by Crippen LogP contribution is 2.10. The van der Waals surface area contributed by atoms with Gasteiger partial charge in [-0.1, -0.05) is 19.3 Å². The Kier molecular flexibility index (Phi) is 11.7. The molecule has 0 bridgehead atoms. The number of guanidine groups is 1. The summed E-state index contributed by atoms with van der Waals surface area (Å²) < 4.78 is 4.91. The van der Waals surface area contributed by atoms with E-state index in [0.717, 1.165) is 62.6 Å². The summed E-state index contributed by atoms with van der Waals surface area (Å²) in [6.45, 7) is 6.14. The molecule has 0 amide bonds. The molecule has 0 aliphatic rings. The van der Waals surface area contributed by atoms with Gasteiger partial charge >= 0.3 is 5.97 Å². The van der Waals surface area contributed by atoms with Gasteiger partial charge in [-0.2, -0.15) is 0 Å². The molecule has 0 aliphatic heterocycles. The van der Waals surface area contributed by atoms with Crippen LogP contribution in [0, 0.1) is 6.92 Å². The number of unbranched alkanes of at least 4 members (excludes halogenated alkanes) is 4. The van der Waals surface area contributed by atoms with Crippen molar-refractivity contribution in [2.75, 3.05) is 26.7 Å². The number of carbonyl (C=O) groups excluding carboxylic acids is 1. The maximum atomic E-state index is 11.2. The minimum atomic E-state index is -0.0769. The highest BCUT2D eigenvalue weighted by molar-refractivity contribution is 7.11. The molecule has 0 fully saturated rings. The summed E-state index contributed by atoms with van der Waals surface area (Å²) in [6, 6.07) is 0. The van der Waals surface area contributed by atoms with Crippen molar-refractivity contribution >= 4 is 23.3 Å². The lowest BCUT2D eigenvalue weighted by Gasteiger charge is -2.11. The van der Waals surface area contributed by atoms with Crippen LogP contribution in [0.2, 0.25) is 0 Å².